The summed E-state index contributed by atoms with van der Waals surface area (Å²) in [6.07, 6.45) is 2.90. The second-order valence-corrected chi connectivity index (χ2v) is 8.33. The SMILES string of the molecule is CCCC(=O)N1CCC(C(=O)NC(c2ccccc2)c2cccc3ccccc23)CC1. The summed E-state index contributed by atoms with van der Waals surface area (Å²) in [5.41, 5.74) is 2.18. The van der Waals surface area contributed by atoms with E-state index in [1.165, 1.54) is 0 Å². The molecule has 0 aromatic heterocycles. The maximum atomic E-state index is 13.3. The standard InChI is InChI=1S/C27H30N2O2/c1-2-9-25(30)29-18-16-22(17-19-29)27(31)28-26(21-11-4-3-5-12-21)24-15-8-13-20-10-6-7-14-23(20)24/h3-8,10-15,22,26H,2,9,16-19H2,1H3,(H,28,31). The predicted molar refractivity (Wildman–Crippen MR) is 125 cm³/mol. The molecule has 1 N–H and O–H groups in total. The summed E-state index contributed by atoms with van der Waals surface area (Å²) in [5.74, 6) is 0.218. The van der Waals surface area contributed by atoms with Crippen LogP contribution in [0, 0.1) is 5.92 Å². The molecule has 31 heavy (non-hydrogen) atoms. The van der Waals surface area contributed by atoms with Crippen molar-refractivity contribution in [2.24, 2.45) is 5.92 Å². The van der Waals surface area contributed by atoms with E-state index in [0.717, 1.165) is 41.2 Å². The molecule has 1 aliphatic rings. The number of nitrogens with one attached hydrogen (secondary N) is 1. The maximum Gasteiger partial charge on any atom is 0.223 e. The third-order valence-corrected chi connectivity index (χ3v) is 6.24. The number of fused-ring (bicyclic) bond motifs is 1. The van der Waals surface area contributed by atoms with E-state index in [1.54, 1.807) is 0 Å². The molecule has 4 nitrogen and oxygen atoms in total. The summed E-state index contributed by atoms with van der Waals surface area (Å²) in [7, 11) is 0. The van der Waals surface area contributed by atoms with Crippen molar-refractivity contribution >= 4 is 22.6 Å². The van der Waals surface area contributed by atoms with E-state index in [2.05, 4.69) is 47.8 Å². The molecule has 0 bridgehead atoms. The second-order valence-electron chi connectivity index (χ2n) is 8.33. The Kier molecular flexibility index (Phi) is 6.66. The Hall–Kier alpha value is -3.14. The molecule has 0 saturated carbocycles. The quantitative estimate of drug-likeness (QED) is 0.611. The van der Waals surface area contributed by atoms with Crippen molar-refractivity contribution < 1.29 is 9.59 Å². The van der Waals surface area contributed by atoms with E-state index in [-0.39, 0.29) is 23.8 Å². The Balaban J connectivity index is 1.55. The number of nitrogens with zero attached hydrogens (tertiary/aromatic N) is 1. The molecule has 4 rings (SSSR count). The largest absolute Gasteiger partial charge is 0.345 e. The van der Waals surface area contributed by atoms with Crippen molar-refractivity contribution in [1.82, 2.24) is 10.2 Å². The molecule has 3 aromatic rings. The molecule has 2 amide bonds. The number of hydrogen-bond acceptors (Lipinski definition) is 2. The van der Waals surface area contributed by atoms with E-state index < -0.39 is 0 Å². The Morgan fingerprint density at radius 1 is 0.935 bits per heavy atom. The number of benzene rings is 3. The lowest BCUT2D eigenvalue weighted by molar-refractivity contribution is -0.135. The highest BCUT2D eigenvalue weighted by Crippen LogP contribution is 2.30. The van der Waals surface area contributed by atoms with Gasteiger partial charge >= 0.3 is 0 Å². The van der Waals surface area contributed by atoms with Crippen LogP contribution in [0.4, 0.5) is 0 Å². The van der Waals surface area contributed by atoms with E-state index in [1.807, 2.05) is 42.2 Å². The Labute approximate surface area is 184 Å². The van der Waals surface area contributed by atoms with E-state index in [9.17, 15) is 9.59 Å². The van der Waals surface area contributed by atoms with Crippen LogP contribution >= 0.6 is 0 Å². The first-order valence-electron chi connectivity index (χ1n) is 11.3. The highest BCUT2D eigenvalue weighted by atomic mass is 16.2. The smallest absolute Gasteiger partial charge is 0.223 e. The molecule has 1 atom stereocenters. The Morgan fingerprint density at radius 3 is 2.35 bits per heavy atom. The van der Waals surface area contributed by atoms with Crippen LogP contribution in [0.15, 0.2) is 72.8 Å². The first-order chi connectivity index (χ1) is 15.2. The zero-order chi connectivity index (χ0) is 21.6. The minimum atomic E-state index is -0.209. The van der Waals surface area contributed by atoms with Crippen LogP contribution < -0.4 is 5.32 Å². The number of carbonyl (C=O) groups is 2. The number of piperidine rings is 1. The topological polar surface area (TPSA) is 49.4 Å². The summed E-state index contributed by atoms with van der Waals surface area (Å²) in [6.45, 7) is 3.36. The van der Waals surface area contributed by atoms with E-state index in [4.69, 9.17) is 0 Å². The summed E-state index contributed by atoms with van der Waals surface area (Å²) < 4.78 is 0. The second kappa shape index (κ2) is 9.78. The van der Waals surface area contributed by atoms with Gasteiger partial charge in [0.2, 0.25) is 11.8 Å². The van der Waals surface area contributed by atoms with Gasteiger partial charge in [-0.1, -0.05) is 79.7 Å². The summed E-state index contributed by atoms with van der Waals surface area (Å²) in [6, 6.07) is 24.5. The summed E-state index contributed by atoms with van der Waals surface area (Å²) in [5, 5.41) is 5.66. The molecular formula is C27H30N2O2. The van der Waals surface area contributed by atoms with Crippen LogP contribution in [-0.2, 0) is 9.59 Å². The van der Waals surface area contributed by atoms with Gasteiger partial charge in [0, 0.05) is 25.4 Å². The van der Waals surface area contributed by atoms with Crippen LogP contribution in [0.25, 0.3) is 10.8 Å². The zero-order valence-electron chi connectivity index (χ0n) is 18.1. The van der Waals surface area contributed by atoms with Gasteiger partial charge in [0.15, 0.2) is 0 Å². The molecule has 1 heterocycles. The normalized spacial score (nSPS) is 15.6. The zero-order valence-corrected chi connectivity index (χ0v) is 18.1. The molecule has 1 fully saturated rings. The Bertz CT molecular complexity index is 1030. The van der Waals surface area contributed by atoms with Gasteiger partial charge in [0.25, 0.3) is 0 Å². The van der Waals surface area contributed by atoms with Gasteiger partial charge < -0.3 is 10.2 Å². The number of likely N-dealkylation sites (tertiary alicyclic amines) is 1. The average molecular weight is 415 g/mol. The van der Waals surface area contributed by atoms with Crippen molar-refractivity contribution in [3.63, 3.8) is 0 Å². The maximum absolute atomic E-state index is 13.3. The highest BCUT2D eigenvalue weighted by molar-refractivity contribution is 5.88. The number of rotatable bonds is 6. The summed E-state index contributed by atoms with van der Waals surface area (Å²) in [4.78, 5) is 27.4. The van der Waals surface area contributed by atoms with Gasteiger partial charge in [-0.05, 0) is 41.2 Å². The summed E-state index contributed by atoms with van der Waals surface area (Å²) >= 11 is 0. The Morgan fingerprint density at radius 2 is 1.61 bits per heavy atom. The number of carbonyl (C=O) groups excluding carboxylic acids is 2. The lowest BCUT2D eigenvalue weighted by Crippen LogP contribution is -2.43. The van der Waals surface area contributed by atoms with E-state index >= 15 is 0 Å². The van der Waals surface area contributed by atoms with Gasteiger partial charge in [-0.3, -0.25) is 9.59 Å². The molecule has 1 saturated heterocycles. The molecule has 0 aliphatic carbocycles. The molecule has 3 aromatic carbocycles. The van der Waals surface area contributed by atoms with Gasteiger partial charge in [-0.25, -0.2) is 0 Å². The minimum absolute atomic E-state index is 0.0631. The predicted octanol–water partition coefficient (Wildman–Crippen LogP) is 5.08. The lowest BCUT2D eigenvalue weighted by Gasteiger charge is -2.32. The molecule has 1 aliphatic heterocycles. The van der Waals surface area contributed by atoms with Crippen LogP contribution in [-0.4, -0.2) is 29.8 Å². The monoisotopic (exact) mass is 414 g/mol. The molecule has 0 radical (unpaired) electrons. The van der Waals surface area contributed by atoms with Crippen molar-refractivity contribution in [1.29, 1.82) is 0 Å². The molecule has 0 spiro atoms. The van der Waals surface area contributed by atoms with Crippen LogP contribution in [0.2, 0.25) is 0 Å². The van der Waals surface area contributed by atoms with Gasteiger partial charge in [-0.15, -0.1) is 0 Å². The molecule has 4 heteroatoms. The van der Waals surface area contributed by atoms with Crippen molar-refractivity contribution in [2.45, 2.75) is 38.6 Å². The first kappa shape index (κ1) is 21.1. The fraction of sp³-hybridized carbons (Fsp3) is 0.333. The van der Waals surface area contributed by atoms with Gasteiger partial charge in [0.1, 0.15) is 0 Å². The van der Waals surface area contributed by atoms with Crippen molar-refractivity contribution in [3.8, 4) is 0 Å². The number of hydrogen-bond donors (Lipinski definition) is 1. The van der Waals surface area contributed by atoms with Crippen LogP contribution in [0.3, 0.4) is 0 Å². The van der Waals surface area contributed by atoms with Crippen LogP contribution in [0.1, 0.15) is 49.8 Å². The fourth-order valence-electron chi connectivity index (χ4n) is 4.51. The third-order valence-electron chi connectivity index (χ3n) is 6.24. The van der Waals surface area contributed by atoms with Gasteiger partial charge in [0.05, 0.1) is 6.04 Å². The average Bonchev–Trinajstić information content (AvgIpc) is 2.83. The third kappa shape index (κ3) is 4.79. The highest BCUT2D eigenvalue weighted by Gasteiger charge is 2.29. The van der Waals surface area contributed by atoms with Gasteiger partial charge in [-0.2, -0.15) is 0 Å². The molecule has 160 valence electrons. The van der Waals surface area contributed by atoms with Crippen LogP contribution in [0.5, 0.6) is 0 Å². The molecule has 1 unspecified atom stereocenters. The van der Waals surface area contributed by atoms with Crippen molar-refractivity contribution in [2.75, 3.05) is 13.1 Å². The number of amides is 2. The minimum Gasteiger partial charge on any atom is -0.345 e. The van der Waals surface area contributed by atoms with E-state index in [0.29, 0.717) is 19.5 Å². The fourth-order valence-corrected chi connectivity index (χ4v) is 4.51. The lowest BCUT2D eigenvalue weighted by atomic mass is 9.91. The molecular weight excluding hydrogens is 384 g/mol. The first-order valence-corrected chi connectivity index (χ1v) is 11.3. The van der Waals surface area contributed by atoms with Crippen molar-refractivity contribution in [3.05, 3.63) is 83.9 Å².